The van der Waals surface area contributed by atoms with Gasteiger partial charge in [0.1, 0.15) is 16.4 Å². The molecule has 0 spiro atoms. The summed E-state index contributed by atoms with van der Waals surface area (Å²) < 4.78 is 5.42. The lowest BCUT2D eigenvalue weighted by molar-refractivity contribution is -0.126. The van der Waals surface area contributed by atoms with Crippen molar-refractivity contribution in [2.45, 2.75) is 50.7 Å². The predicted octanol–water partition coefficient (Wildman–Crippen LogP) is 2.68. The Morgan fingerprint density at radius 1 is 1.20 bits per heavy atom. The molecule has 6 rings (SSSR count). The predicted molar refractivity (Wildman–Crippen MR) is 136 cm³/mol. The quantitative estimate of drug-likeness (QED) is 0.391. The summed E-state index contributed by atoms with van der Waals surface area (Å²) in [6, 6.07) is 4.95. The number of thiophene rings is 1. The first kappa shape index (κ1) is 22.8. The number of hydrogen-bond donors (Lipinski definition) is 4. The van der Waals surface area contributed by atoms with E-state index in [4.69, 9.17) is 14.7 Å². The number of fused-ring (bicyclic) bond motifs is 3. The Hall–Kier alpha value is -2.60. The van der Waals surface area contributed by atoms with Crippen LogP contribution >= 0.6 is 11.3 Å². The molecule has 35 heavy (non-hydrogen) atoms. The van der Waals surface area contributed by atoms with Crippen LogP contribution in [0.4, 0.5) is 17.6 Å². The van der Waals surface area contributed by atoms with E-state index in [2.05, 4.69) is 31.0 Å². The first-order valence-electron chi connectivity index (χ1n) is 12.5. The van der Waals surface area contributed by atoms with Crippen molar-refractivity contribution >= 4 is 44.9 Å². The Labute approximate surface area is 208 Å². The number of hydrogen-bond acceptors (Lipinski definition) is 10. The lowest BCUT2D eigenvalue weighted by Crippen LogP contribution is -2.56. The molecule has 3 aliphatic heterocycles. The Morgan fingerprint density at radius 2 is 2.00 bits per heavy atom. The fraction of sp³-hybridized carbons (Fsp3) is 0.583. The molecule has 11 heteroatoms. The molecule has 2 bridgehead atoms. The van der Waals surface area contributed by atoms with Gasteiger partial charge in [-0.1, -0.05) is 0 Å². The minimum absolute atomic E-state index is 0.155. The van der Waals surface area contributed by atoms with Crippen LogP contribution in [-0.2, 0) is 9.53 Å². The number of nitrogens with zero attached hydrogens (tertiary/aromatic N) is 4. The van der Waals surface area contributed by atoms with Crippen LogP contribution in [0.3, 0.4) is 0 Å². The van der Waals surface area contributed by atoms with E-state index in [1.165, 1.54) is 0 Å². The van der Waals surface area contributed by atoms with Gasteiger partial charge in [-0.15, -0.1) is 11.3 Å². The average molecular weight is 497 g/mol. The Kier molecular flexibility index (Phi) is 6.40. The minimum Gasteiger partial charge on any atom is -0.379 e. The lowest BCUT2D eigenvalue weighted by Gasteiger charge is -2.43. The zero-order valence-corrected chi connectivity index (χ0v) is 20.7. The minimum atomic E-state index is 0.155. The first-order valence-corrected chi connectivity index (χ1v) is 13.4. The molecular weight excluding hydrogens is 464 g/mol. The third-order valence-electron chi connectivity index (χ3n) is 7.30. The topological polar surface area (TPSA) is 120 Å². The summed E-state index contributed by atoms with van der Waals surface area (Å²) in [5.74, 6) is 2.68. The summed E-state index contributed by atoms with van der Waals surface area (Å²) in [4.78, 5) is 25.8. The maximum absolute atomic E-state index is 13.0. The molecule has 0 amide bonds. The highest BCUT2D eigenvalue weighted by molar-refractivity contribution is 7.16. The van der Waals surface area contributed by atoms with Gasteiger partial charge < -0.3 is 20.7 Å². The number of Topliss-reactive ketones (excluding diaryl/α,β-unsaturated/α-hetero) is 1. The molecule has 0 radical (unpaired) electrons. The fourth-order valence-corrected chi connectivity index (χ4v) is 6.42. The van der Waals surface area contributed by atoms with Gasteiger partial charge in [0.05, 0.1) is 25.1 Å². The SMILES string of the molecule is Cc1cc(Nc2nc(NC3C[C@@H]4CC(C(=O)CN5CCOCC5)C[C@H](C3)N4)nc3sccc23)n[nH]1. The van der Waals surface area contributed by atoms with Crippen LogP contribution in [0.1, 0.15) is 31.4 Å². The molecule has 0 aromatic carbocycles. The molecule has 3 aromatic rings. The summed E-state index contributed by atoms with van der Waals surface area (Å²) in [6.07, 6.45) is 3.75. The number of aryl methyl sites for hydroxylation is 1. The summed E-state index contributed by atoms with van der Waals surface area (Å²) >= 11 is 1.61. The number of carbonyl (C=O) groups is 1. The maximum atomic E-state index is 13.0. The highest BCUT2D eigenvalue weighted by atomic mass is 32.1. The van der Waals surface area contributed by atoms with E-state index in [0.717, 1.165) is 79.5 Å². The largest absolute Gasteiger partial charge is 0.379 e. The van der Waals surface area contributed by atoms with Crippen molar-refractivity contribution in [3.8, 4) is 0 Å². The molecule has 6 heterocycles. The Morgan fingerprint density at radius 3 is 2.74 bits per heavy atom. The van der Waals surface area contributed by atoms with Crippen molar-refractivity contribution in [3.05, 3.63) is 23.2 Å². The molecule has 4 atom stereocenters. The third kappa shape index (κ3) is 5.18. The van der Waals surface area contributed by atoms with E-state index in [0.29, 0.717) is 30.4 Å². The first-order chi connectivity index (χ1) is 17.1. The molecule has 4 N–H and O–H groups in total. The van der Waals surface area contributed by atoms with Crippen molar-refractivity contribution in [3.63, 3.8) is 0 Å². The van der Waals surface area contributed by atoms with Gasteiger partial charge >= 0.3 is 0 Å². The molecule has 186 valence electrons. The number of aromatic amines is 1. The summed E-state index contributed by atoms with van der Waals surface area (Å²) in [6.45, 7) is 5.72. The monoisotopic (exact) mass is 496 g/mol. The van der Waals surface area contributed by atoms with Crippen LogP contribution in [0.15, 0.2) is 17.5 Å². The number of rotatable bonds is 7. The smallest absolute Gasteiger partial charge is 0.226 e. The second-order valence-corrected chi connectivity index (χ2v) is 10.9. The summed E-state index contributed by atoms with van der Waals surface area (Å²) in [5.41, 5.74) is 0.990. The summed E-state index contributed by atoms with van der Waals surface area (Å²) in [5, 5.41) is 20.9. The van der Waals surface area contributed by atoms with Gasteiger partial charge in [-0.3, -0.25) is 14.8 Å². The standard InChI is InChI=1S/C24H32N8O2S/c1-14-8-21(31-30-14)27-22-19-2-7-35-23(19)29-24(28-22)26-18-11-16-9-15(10-17(12-18)25-16)20(33)13-32-3-5-34-6-4-32/h2,7-8,15-18,25H,3-6,9-13H2,1H3,(H3,26,27,28,29,30,31)/t15?,16-,17+,18?. The van der Waals surface area contributed by atoms with Crippen LogP contribution < -0.4 is 16.0 Å². The molecule has 2 unspecified atom stereocenters. The molecule has 3 fully saturated rings. The van der Waals surface area contributed by atoms with Crippen LogP contribution in [0.2, 0.25) is 0 Å². The maximum Gasteiger partial charge on any atom is 0.226 e. The van der Waals surface area contributed by atoms with E-state index in [1.807, 2.05) is 24.4 Å². The van der Waals surface area contributed by atoms with Crippen molar-refractivity contribution < 1.29 is 9.53 Å². The van der Waals surface area contributed by atoms with Gasteiger partial charge in [0.25, 0.3) is 0 Å². The van der Waals surface area contributed by atoms with Crippen LogP contribution in [0, 0.1) is 12.8 Å². The Balaban J connectivity index is 1.11. The van der Waals surface area contributed by atoms with E-state index >= 15 is 0 Å². The highest BCUT2D eigenvalue weighted by Gasteiger charge is 2.38. The second-order valence-electron chi connectivity index (χ2n) is 9.99. The number of H-pyrrole nitrogens is 1. The van der Waals surface area contributed by atoms with Crippen molar-refractivity contribution in [2.75, 3.05) is 43.5 Å². The van der Waals surface area contributed by atoms with Crippen LogP contribution in [0.25, 0.3) is 10.2 Å². The Bertz CT molecular complexity index is 1180. The van der Waals surface area contributed by atoms with E-state index in [1.54, 1.807) is 11.3 Å². The van der Waals surface area contributed by atoms with Crippen LogP contribution in [-0.4, -0.2) is 81.8 Å². The number of nitrogens with one attached hydrogen (secondary N) is 4. The molecule has 10 nitrogen and oxygen atoms in total. The normalized spacial score (nSPS) is 27.1. The molecule has 3 aliphatic rings. The number of aromatic nitrogens is 4. The van der Waals surface area contributed by atoms with Gasteiger partial charge in [-0.25, -0.2) is 4.98 Å². The molecular formula is C24H32N8O2S. The second kappa shape index (κ2) is 9.81. The number of morpholine rings is 1. The number of anilines is 3. The number of carbonyl (C=O) groups excluding carboxylic acids is 1. The van der Waals surface area contributed by atoms with Gasteiger partial charge in [0.15, 0.2) is 5.82 Å². The van der Waals surface area contributed by atoms with Crippen molar-refractivity contribution in [2.24, 2.45) is 5.92 Å². The van der Waals surface area contributed by atoms with Crippen LogP contribution in [0.5, 0.6) is 0 Å². The van der Waals surface area contributed by atoms with E-state index < -0.39 is 0 Å². The molecule has 0 aliphatic carbocycles. The molecule has 3 aromatic heterocycles. The number of piperidine rings is 2. The summed E-state index contributed by atoms with van der Waals surface area (Å²) in [7, 11) is 0. The zero-order chi connectivity index (χ0) is 23.8. The van der Waals surface area contributed by atoms with E-state index in [-0.39, 0.29) is 12.0 Å². The van der Waals surface area contributed by atoms with Gasteiger partial charge in [-0.2, -0.15) is 10.1 Å². The fourth-order valence-electron chi connectivity index (χ4n) is 5.65. The lowest BCUT2D eigenvalue weighted by atomic mass is 9.76. The molecule has 0 saturated carbocycles. The third-order valence-corrected chi connectivity index (χ3v) is 8.10. The number of ketones is 1. The van der Waals surface area contributed by atoms with Crippen molar-refractivity contribution in [1.29, 1.82) is 0 Å². The highest BCUT2D eigenvalue weighted by Crippen LogP contribution is 2.33. The van der Waals surface area contributed by atoms with Crippen molar-refractivity contribution in [1.82, 2.24) is 30.4 Å². The van der Waals surface area contributed by atoms with Gasteiger partial charge in [-0.05, 0) is 44.1 Å². The number of ether oxygens (including phenoxy) is 1. The molecule has 3 saturated heterocycles. The average Bonchev–Trinajstić information content (AvgIpc) is 3.48. The zero-order valence-electron chi connectivity index (χ0n) is 19.9. The van der Waals surface area contributed by atoms with E-state index in [9.17, 15) is 4.79 Å². The van der Waals surface area contributed by atoms with Gasteiger partial charge in [0.2, 0.25) is 5.95 Å². The van der Waals surface area contributed by atoms with Gasteiger partial charge in [0, 0.05) is 48.9 Å².